The molecule has 0 radical (unpaired) electrons. The molecule has 17 heavy (non-hydrogen) atoms. The number of nitro benzene ring substituents is 1. The van der Waals surface area contributed by atoms with E-state index in [9.17, 15) is 15.2 Å². The van der Waals surface area contributed by atoms with Crippen LogP contribution in [0, 0.1) is 17.0 Å². The van der Waals surface area contributed by atoms with Gasteiger partial charge in [0.05, 0.1) is 17.2 Å². The smallest absolute Gasteiger partial charge is 0.269 e. The van der Waals surface area contributed by atoms with Gasteiger partial charge < -0.3 is 9.52 Å². The minimum absolute atomic E-state index is 0.0602. The molecule has 0 amide bonds. The number of aliphatic hydroxyl groups is 1. The van der Waals surface area contributed by atoms with E-state index in [1.54, 1.807) is 13.0 Å². The zero-order valence-electron chi connectivity index (χ0n) is 9.08. The monoisotopic (exact) mass is 234 g/mol. The normalized spacial score (nSPS) is 10.5. The Balaban J connectivity index is 2.56. The lowest BCUT2D eigenvalue weighted by atomic mass is 10.0. The van der Waals surface area contributed by atoms with Gasteiger partial charge in [0, 0.05) is 17.7 Å². The number of nitro groups is 1. The van der Waals surface area contributed by atoms with E-state index in [4.69, 9.17) is 4.42 Å². The zero-order chi connectivity index (χ0) is 12.4. The first-order chi connectivity index (χ1) is 8.13. The second-order valence-corrected chi connectivity index (χ2v) is 3.52. The molecule has 0 fully saturated rings. The number of hydrogen-bond donors (Lipinski definition) is 1. The predicted octanol–water partition coefficient (Wildman–Crippen LogP) is 2.05. The van der Waals surface area contributed by atoms with Crippen LogP contribution < -0.4 is 0 Å². The Morgan fingerprint density at radius 2 is 2.29 bits per heavy atom. The van der Waals surface area contributed by atoms with Crippen LogP contribution in [0.25, 0.3) is 11.3 Å². The van der Waals surface area contributed by atoms with Crippen LogP contribution in [0.2, 0.25) is 0 Å². The van der Waals surface area contributed by atoms with E-state index in [0.717, 1.165) is 0 Å². The molecule has 1 N–H and O–H groups in total. The number of aryl methyl sites for hydroxylation is 1. The number of rotatable bonds is 3. The Morgan fingerprint density at radius 3 is 2.82 bits per heavy atom. The van der Waals surface area contributed by atoms with Gasteiger partial charge in [-0.05, 0) is 18.6 Å². The molecule has 0 unspecified atom stereocenters. The molecule has 1 heterocycles. The Bertz CT molecular complexity index is 562. The van der Waals surface area contributed by atoms with E-state index in [1.807, 2.05) is 0 Å². The van der Waals surface area contributed by atoms with Crippen LogP contribution in [-0.4, -0.2) is 15.0 Å². The first-order valence-electron chi connectivity index (χ1n) is 4.92. The van der Waals surface area contributed by atoms with Crippen LogP contribution in [0.4, 0.5) is 5.69 Å². The number of hydrogen-bond acceptors (Lipinski definition) is 5. The van der Waals surface area contributed by atoms with Gasteiger partial charge in [-0.2, -0.15) is 0 Å². The summed E-state index contributed by atoms with van der Waals surface area (Å²) >= 11 is 0. The van der Waals surface area contributed by atoms with Gasteiger partial charge >= 0.3 is 0 Å². The van der Waals surface area contributed by atoms with E-state index in [1.165, 1.54) is 18.5 Å². The topological polar surface area (TPSA) is 89.4 Å². The van der Waals surface area contributed by atoms with Gasteiger partial charge in [0.2, 0.25) is 0 Å². The molecule has 0 aliphatic rings. The number of aromatic nitrogens is 1. The summed E-state index contributed by atoms with van der Waals surface area (Å²) < 4.78 is 5.20. The highest BCUT2D eigenvalue weighted by Crippen LogP contribution is 2.29. The molecule has 2 aromatic rings. The van der Waals surface area contributed by atoms with Crippen molar-refractivity contribution in [2.45, 2.75) is 13.5 Å². The quantitative estimate of drug-likeness (QED) is 0.648. The highest BCUT2D eigenvalue weighted by molar-refractivity contribution is 5.65. The fourth-order valence-corrected chi connectivity index (χ4v) is 1.61. The molecule has 6 nitrogen and oxygen atoms in total. The number of aliphatic hydroxyl groups excluding tert-OH is 1. The number of oxazole rings is 1. The first-order valence-corrected chi connectivity index (χ1v) is 4.92. The third kappa shape index (κ3) is 2.02. The van der Waals surface area contributed by atoms with Gasteiger partial charge in [0.25, 0.3) is 5.69 Å². The number of nitrogens with zero attached hydrogens (tertiary/aromatic N) is 2. The van der Waals surface area contributed by atoms with Crippen LogP contribution in [-0.2, 0) is 6.61 Å². The van der Waals surface area contributed by atoms with Crippen LogP contribution in [0.15, 0.2) is 29.0 Å². The van der Waals surface area contributed by atoms with Crippen LogP contribution in [0.1, 0.15) is 11.3 Å². The molecule has 0 aliphatic carbocycles. The van der Waals surface area contributed by atoms with Crippen molar-refractivity contribution in [3.8, 4) is 11.3 Å². The molecule has 0 bridgehead atoms. The third-order valence-corrected chi connectivity index (χ3v) is 2.46. The second kappa shape index (κ2) is 4.34. The van der Waals surface area contributed by atoms with Crippen molar-refractivity contribution < 1.29 is 14.4 Å². The van der Waals surface area contributed by atoms with Gasteiger partial charge in [-0.15, -0.1) is 0 Å². The molecule has 88 valence electrons. The molecule has 0 spiro atoms. The Labute approximate surface area is 96.7 Å². The van der Waals surface area contributed by atoms with Crippen molar-refractivity contribution >= 4 is 5.69 Å². The molecule has 0 saturated carbocycles. The van der Waals surface area contributed by atoms with Crippen LogP contribution in [0.5, 0.6) is 0 Å². The zero-order valence-corrected chi connectivity index (χ0v) is 9.08. The first kappa shape index (κ1) is 11.3. The van der Waals surface area contributed by atoms with E-state index >= 15 is 0 Å². The summed E-state index contributed by atoms with van der Waals surface area (Å²) in [5.41, 5.74) is 1.68. The lowest BCUT2D eigenvalue weighted by molar-refractivity contribution is -0.384. The van der Waals surface area contributed by atoms with E-state index in [2.05, 4.69) is 4.98 Å². The highest BCUT2D eigenvalue weighted by atomic mass is 16.6. The average Bonchev–Trinajstić information content (AvgIpc) is 2.74. The van der Waals surface area contributed by atoms with Gasteiger partial charge in [-0.25, -0.2) is 4.98 Å². The fourth-order valence-electron chi connectivity index (χ4n) is 1.61. The minimum Gasteiger partial charge on any atom is -0.443 e. The average molecular weight is 234 g/mol. The number of non-ortho nitro benzene ring substituents is 1. The SMILES string of the molecule is Cc1ncoc1-c1ccc([N+](=O)[O-])cc1CO. The standard InChI is InChI=1S/C11H10N2O4/c1-7-11(17-6-12-7)10-3-2-9(13(15)16)4-8(10)5-14/h2-4,6,14H,5H2,1H3. The molecule has 1 aromatic carbocycles. The van der Waals surface area contributed by atoms with Crippen molar-refractivity contribution in [2.75, 3.05) is 0 Å². The molecule has 0 saturated heterocycles. The minimum atomic E-state index is -0.504. The molecule has 6 heteroatoms. The van der Waals surface area contributed by atoms with Crippen molar-refractivity contribution in [1.82, 2.24) is 4.98 Å². The van der Waals surface area contributed by atoms with E-state index in [-0.39, 0.29) is 12.3 Å². The summed E-state index contributed by atoms with van der Waals surface area (Å²) in [5.74, 6) is 0.518. The van der Waals surface area contributed by atoms with E-state index in [0.29, 0.717) is 22.6 Å². The summed E-state index contributed by atoms with van der Waals surface area (Å²) in [5, 5.41) is 19.9. The Kier molecular flexibility index (Phi) is 2.88. The summed E-state index contributed by atoms with van der Waals surface area (Å²) in [7, 11) is 0. The molecular formula is C11H10N2O4. The number of benzene rings is 1. The third-order valence-electron chi connectivity index (χ3n) is 2.46. The second-order valence-electron chi connectivity index (χ2n) is 3.52. The van der Waals surface area contributed by atoms with Crippen molar-refractivity contribution in [3.05, 3.63) is 46.0 Å². The summed E-state index contributed by atoms with van der Waals surface area (Å²) in [6, 6.07) is 4.25. The predicted molar refractivity (Wildman–Crippen MR) is 59.3 cm³/mol. The van der Waals surface area contributed by atoms with Gasteiger partial charge in [-0.3, -0.25) is 10.1 Å². The van der Waals surface area contributed by atoms with Crippen LogP contribution >= 0.6 is 0 Å². The summed E-state index contributed by atoms with van der Waals surface area (Å²) in [4.78, 5) is 14.1. The van der Waals surface area contributed by atoms with Gasteiger partial charge in [0.1, 0.15) is 0 Å². The van der Waals surface area contributed by atoms with Crippen LogP contribution in [0.3, 0.4) is 0 Å². The van der Waals surface area contributed by atoms with Gasteiger partial charge in [0.15, 0.2) is 12.2 Å². The van der Waals surface area contributed by atoms with E-state index < -0.39 is 4.92 Å². The molecule has 0 aliphatic heterocycles. The summed E-state index contributed by atoms with van der Waals surface area (Å²) in [6.07, 6.45) is 1.30. The Hall–Kier alpha value is -2.21. The highest BCUT2D eigenvalue weighted by Gasteiger charge is 2.15. The summed E-state index contributed by atoms with van der Waals surface area (Å²) in [6.45, 7) is 1.47. The van der Waals surface area contributed by atoms with Crippen molar-refractivity contribution in [3.63, 3.8) is 0 Å². The maximum atomic E-state index is 10.6. The Morgan fingerprint density at radius 1 is 1.53 bits per heavy atom. The van der Waals surface area contributed by atoms with Crippen molar-refractivity contribution in [2.24, 2.45) is 0 Å². The largest absolute Gasteiger partial charge is 0.443 e. The fraction of sp³-hybridized carbons (Fsp3) is 0.182. The molecular weight excluding hydrogens is 224 g/mol. The molecule has 0 atom stereocenters. The van der Waals surface area contributed by atoms with Gasteiger partial charge in [-0.1, -0.05) is 0 Å². The van der Waals surface area contributed by atoms with Crippen molar-refractivity contribution in [1.29, 1.82) is 0 Å². The lowest BCUT2D eigenvalue weighted by Crippen LogP contribution is -1.94. The molecule has 1 aromatic heterocycles. The lowest BCUT2D eigenvalue weighted by Gasteiger charge is -2.04. The maximum Gasteiger partial charge on any atom is 0.269 e. The molecule has 2 rings (SSSR count). The maximum absolute atomic E-state index is 10.6.